The molecule has 0 radical (unpaired) electrons. The van der Waals surface area contributed by atoms with Gasteiger partial charge >= 0.3 is 5.63 Å². The van der Waals surface area contributed by atoms with Crippen LogP contribution in [0.15, 0.2) is 33.5 Å². The molecule has 2 rings (SSSR count). The Hall–Kier alpha value is -1.33. The number of phenols is 1. The van der Waals surface area contributed by atoms with Crippen molar-refractivity contribution >= 4 is 28.0 Å². The smallest absolute Gasteiger partial charge is 0.336 e. The second kappa shape index (κ2) is 6.73. The SMILES string of the molecule is Br.CC(C)CNCc1c(O)ccc2ccc(=O)oc12. The minimum atomic E-state index is -0.404. The third kappa shape index (κ3) is 3.81. The normalized spacial score (nSPS) is 10.7. The van der Waals surface area contributed by atoms with Crippen molar-refractivity contribution in [2.75, 3.05) is 6.54 Å². The van der Waals surface area contributed by atoms with Crippen LogP contribution in [-0.2, 0) is 6.54 Å². The van der Waals surface area contributed by atoms with Gasteiger partial charge in [0.1, 0.15) is 11.3 Å². The van der Waals surface area contributed by atoms with Gasteiger partial charge in [-0.3, -0.25) is 0 Å². The molecule has 0 fully saturated rings. The molecule has 2 aromatic rings. The summed E-state index contributed by atoms with van der Waals surface area (Å²) in [4.78, 5) is 11.3. The standard InChI is InChI=1S/C14H17NO3.BrH/c1-9(2)7-15-8-11-12(16)5-3-10-4-6-13(17)18-14(10)11;/h3-6,9,15-16H,7-8H2,1-2H3;1H. The molecule has 2 N–H and O–H groups in total. The highest BCUT2D eigenvalue weighted by Gasteiger charge is 2.09. The maximum absolute atomic E-state index is 11.3. The Morgan fingerprint density at radius 2 is 1.95 bits per heavy atom. The lowest BCUT2D eigenvalue weighted by molar-refractivity contribution is 0.457. The third-order valence-corrected chi connectivity index (χ3v) is 2.72. The van der Waals surface area contributed by atoms with Crippen molar-refractivity contribution in [3.05, 3.63) is 40.2 Å². The first-order valence-electron chi connectivity index (χ1n) is 6.03. The van der Waals surface area contributed by atoms with Crippen molar-refractivity contribution in [3.8, 4) is 5.75 Å². The van der Waals surface area contributed by atoms with E-state index >= 15 is 0 Å². The van der Waals surface area contributed by atoms with E-state index < -0.39 is 5.63 Å². The molecule has 1 aromatic carbocycles. The van der Waals surface area contributed by atoms with Crippen molar-refractivity contribution in [2.45, 2.75) is 20.4 Å². The Morgan fingerprint density at radius 1 is 1.26 bits per heavy atom. The van der Waals surface area contributed by atoms with Crippen LogP contribution in [0.5, 0.6) is 5.75 Å². The Kier molecular flexibility index (Phi) is 5.57. The molecule has 0 aliphatic carbocycles. The van der Waals surface area contributed by atoms with Gasteiger partial charge in [0.25, 0.3) is 0 Å². The molecule has 0 amide bonds. The van der Waals surface area contributed by atoms with Gasteiger partial charge in [0, 0.05) is 18.0 Å². The first-order valence-corrected chi connectivity index (χ1v) is 6.03. The minimum Gasteiger partial charge on any atom is -0.507 e. The summed E-state index contributed by atoms with van der Waals surface area (Å²) in [5, 5.41) is 13.9. The van der Waals surface area contributed by atoms with Crippen LogP contribution in [0.25, 0.3) is 11.0 Å². The van der Waals surface area contributed by atoms with Gasteiger partial charge in [0.05, 0.1) is 5.56 Å². The monoisotopic (exact) mass is 327 g/mol. The van der Waals surface area contributed by atoms with E-state index in [0.717, 1.165) is 11.9 Å². The van der Waals surface area contributed by atoms with E-state index in [9.17, 15) is 9.90 Å². The predicted molar refractivity (Wildman–Crippen MR) is 81.0 cm³/mol. The fourth-order valence-corrected chi connectivity index (χ4v) is 1.84. The number of aromatic hydroxyl groups is 1. The van der Waals surface area contributed by atoms with Gasteiger partial charge in [0.2, 0.25) is 0 Å². The van der Waals surface area contributed by atoms with E-state index in [-0.39, 0.29) is 22.7 Å². The average molecular weight is 328 g/mol. The number of phenolic OH excluding ortho intramolecular Hbond substituents is 1. The van der Waals surface area contributed by atoms with Crippen LogP contribution < -0.4 is 10.9 Å². The van der Waals surface area contributed by atoms with Crippen LogP contribution in [-0.4, -0.2) is 11.7 Å². The summed E-state index contributed by atoms with van der Waals surface area (Å²) in [6.45, 7) is 5.54. The highest BCUT2D eigenvalue weighted by Crippen LogP contribution is 2.25. The molecule has 0 aliphatic rings. The number of halogens is 1. The molecule has 0 atom stereocenters. The summed E-state index contributed by atoms with van der Waals surface area (Å²) in [5.41, 5.74) is 0.683. The van der Waals surface area contributed by atoms with Crippen molar-refractivity contribution < 1.29 is 9.52 Å². The van der Waals surface area contributed by atoms with Gasteiger partial charge in [-0.15, -0.1) is 17.0 Å². The summed E-state index contributed by atoms with van der Waals surface area (Å²) in [6.07, 6.45) is 0. The number of rotatable bonds is 4. The Morgan fingerprint density at radius 3 is 2.63 bits per heavy atom. The zero-order valence-corrected chi connectivity index (χ0v) is 12.7. The van der Waals surface area contributed by atoms with Crippen molar-refractivity contribution in [1.29, 1.82) is 0 Å². The molecule has 0 aliphatic heterocycles. The number of nitrogens with one attached hydrogen (secondary N) is 1. The molecule has 5 heteroatoms. The summed E-state index contributed by atoms with van der Waals surface area (Å²) >= 11 is 0. The quantitative estimate of drug-likeness (QED) is 0.847. The van der Waals surface area contributed by atoms with Gasteiger partial charge in [-0.1, -0.05) is 13.8 Å². The molecule has 0 saturated carbocycles. The molecular formula is C14H18BrNO3. The topological polar surface area (TPSA) is 62.5 Å². The zero-order chi connectivity index (χ0) is 13.1. The molecule has 1 heterocycles. The molecule has 0 bridgehead atoms. The number of hydrogen-bond acceptors (Lipinski definition) is 4. The van der Waals surface area contributed by atoms with Gasteiger partial charge in [-0.25, -0.2) is 4.79 Å². The summed E-state index contributed by atoms with van der Waals surface area (Å²) in [7, 11) is 0. The summed E-state index contributed by atoms with van der Waals surface area (Å²) in [6, 6.07) is 6.44. The first-order chi connectivity index (χ1) is 8.58. The number of fused-ring (bicyclic) bond motifs is 1. The van der Waals surface area contributed by atoms with Crippen molar-refractivity contribution in [1.82, 2.24) is 5.32 Å². The first kappa shape index (κ1) is 15.7. The Labute approximate surface area is 122 Å². The fraction of sp³-hybridized carbons (Fsp3) is 0.357. The van der Waals surface area contributed by atoms with Crippen LogP contribution >= 0.6 is 17.0 Å². The van der Waals surface area contributed by atoms with Gasteiger partial charge in [-0.05, 0) is 30.7 Å². The predicted octanol–water partition coefficient (Wildman–Crippen LogP) is 2.82. The second-order valence-corrected chi connectivity index (χ2v) is 4.76. The van der Waals surface area contributed by atoms with Gasteiger partial charge < -0.3 is 14.8 Å². The lowest BCUT2D eigenvalue weighted by Crippen LogP contribution is -2.19. The molecule has 19 heavy (non-hydrogen) atoms. The van der Waals surface area contributed by atoms with E-state index in [1.807, 2.05) is 0 Å². The van der Waals surface area contributed by atoms with E-state index in [0.29, 0.717) is 23.6 Å². The van der Waals surface area contributed by atoms with Crippen molar-refractivity contribution in [3.63, 3.8) is 0 Å². The minimum absolute atomic E-state index is 0. The highest BCUT2D eigenvalue weighted by molar-refractivity contribution is 8.93. The molecule has 0 unspecified atom stereocenters. The molecular weight excluding hydrogens is 310 g/mol. The second-order valence-electron chi connectivity index (χ2n) is 4.76. The molecule has 1 aromatic heterocycles. The van der Waals surface area contributed by atoms with E-state index in [1.54, 1.807) is 18.2 Å². The summed E-state index contributed by atoms with van der Waals surface area (Å²) < 4.78 is 5.18. The molecule has 4 nitrogen and oxygen atoms in total. The maximum atomic E-state index is 11.3. The molecule has 0 spiro atoms. The van der Waals surface area contributed by atoms with Crippen LogP contribution in [0.4, 0.5) is 0 Å². The lowest BCUT2D eigenvalue weighted by Gasteiger charge is -2.10. The Bertz CT molecular complexity index is 607. The van der Waals surface area contributed by atoms with Gasteiger partial charge in [0.15, 0.2) is 0 Å². The largest absolute Gasteiger partial charge is 0.507 e. The average Bonchev–Trinajstić information content (AvgIpc) is 2.31. The fourth-order valence-electron chi connectivity index (χ4n) is 1.84. The summed E-state index contributed by atoms with van der Waals surface area (Å²) in [5.74, 6) is 0.669. The third-order valence-electron chi connectivity index (χ3n) is 2.72. The number of hydrogen-bond donors (Lipinski definition) is 2. The maximum Gasteiger partial charge on any atom is 0.336 e. The van der Waals surface area contributed by atoms with Crippen LogP contribution in [0.2, 0.25) is 0 Å². The van der Waals surface area contributed by atoms with Crippen LogP contribution in [0, 0.1) is 5.92 Å². The number of benzene rings is 1. The molecule has 104 valence electrons. The van der Waals surface area contributed by atoms with Crippen LogP contribution in [0.3, 0.4) is 0 Å². The van der Waals surface area contributed by atoms with Crippen LogP contribution in [0.1, 0.15) is 19.4 Å². The van der Waals surface area contributed by atoms with E-state index in [4.69, 9.17) is 4.42 Å². The van der Waals surface area contributed by atoms with E-state index in [1.165, 1.54) is 6.07 Å². The van der Waals surface area contributed by atoms with Crippen molar-refractivity contribution in [2.24, 2.45) is 5.92 Å². The van der Waals surface area contributed by atoms with E-state index in [2.05, 4.69) is 19.2 Å². The molecule has 0 saturated heterocycles. The lowest BCUT2D eigenvalue weighted by atomic mass is 10.1. The van der Waals surface area contributed by atoms with Gasteiger partial charge in [-0.2, -0.15) is 0 Å². The zero-order valence-electron chi connectivity index (χ0n) is 11.0. The Balaban J connectivity index is 0.00000180. The highest BCUT2D eigenvalue weighted by atomic mass is 79.9.